The second kappa shape index (κ2) is 5.72. The molecule has 5 nitrogen and oxygen atoms in total. The van der Waals surface area contributed by atoms with Crippen LogP contribution in [-0.2, 0) is 9.53 Å². The van der Waals surface area contributed by atoms with E-state index in [2.05, 4.69) is 5.32 Å². The van der Waals surface area contributed by atoms with Crippen LogP contribution in [-0.4, -0.2) is 29.3 Å². The van der Waals surface area contributed by atoms with Crippen molar-refractivity contribution in [2.45, 2.75) is 51.7 Å². The zero-order valence-electron chi connectivity index (χ0n) is 9.73. The number of carboxylic acids is 1. The summed E-state index contributed by atoms with van der Waals surface area (Å²) < 4.78 is 4.95. The molecule has 92 valence electrons. The summed E-state index contributed by atoms with van der Waals surface area (Å²) in [5, 5.41) is 11.6. The first-order valence-electron chi connectivity index (χ1n) is 5.69. The van der Waals surface area contributed by atoms with E-state index >= 15 is 0 Å². The molecular weight excluding hydrogens is 210 g/mol. The standard InChI is InChI=1S/C11H19NO4/c1-7(2)16-11(15)12-9-5-3-4-8(6-9)10(13)14/h7-9H,3-6H2,1-2H3,(H,12,15)(H,13,14). The summed E-state index contributed by atoms with van der Waals surface area (Å²) >= 11 is 0. The third-order valence-corrected chi connectivity index (χ3v) is 2.69. The number of carbonyl (C=O) groups is 2. The molecule has 1 saturated carbocycles. The van der Waals surface area contributed by atoms with Gasteiger partial charge in [0, 0.05) is 6.04 Å². The Hall–Kier alpha value is -1.26. The molecular formula is C11H19NO4. The summed E-state index contributed by atoms with van der Waals surface area (Å²) in [6.45, 7) is 3.56. The summed E-state index contributed by atoms with van der Waals surface area (Å²) in [6.07, 6.45) is 2.26. The van der Waals surface area contributed by atoms with Gasteiger partial charge in [-0.3, -0.25) is 4.79 Å². The zero-order valence-corrected chi connectivity index (χ0v) is 9.73. The van der Waals surface area contributed by atoms with Gasteiger partial charge in [0.1, 0.15) is 0 Å². The number of hydrogen-bond acceptors (Lipinski definition) is 3. The Balaban J connectivity index is 2.37. The number of nitrogens with one attached hydrogen (secondary N) is 1. The highest BCUT2D eigenvalue weighted by molar-refractivity contribution is 5.71. The molecule has 1 amide bonds. The van der Waals surface area contributed by atoms with E-state index in [9.17, 15) is 9.59 Å². The summed E-state index contributed by atoms with van der Waals surface area (Å²) in [4.78, 5) is 22.1. The first kappa shape index (κ1) is 12.8. The van der Waals surface area contributed by atoms with Gasteiger partial charge in [-0.2, -0.15) is 0 Å². The Morgan fingerprint density at radius 3 is 2.62 bits per heavy atom. The molecule has 2 N–H and O–H groups in total. The monoisotopic (exact) mass is 229 g/mol. The minimum atomic E-state index is -0.774. The molecule has 1 rings (SSSR count). The smallest absolute Gasteiger partial charge is 0.407 e. The second-order valence-electron chi connectivity index (χ2n) is 4.50. The molecule has 0 heterocycles. The molecule has 2 unspecified atom stereocenters. The largest absolute Gasteiger partial charge is 0.481 e. The fourth-order valence-corrected chi connectivity index (χ4v) is 1.96. The quantitative estimate of drug-likeness (QED) is 0.773. The van der Waals surface area contributed by atoms with Gasteiger partial charge in [-0.25, -0.2) is 4.79 Å². The molecule has 0 aromatic carbocycles. The maximum absolute atomic E-state index is 11.3. The molecule has 0 spiro atoms. The van der Waals surface area contributed by atoms with Crippen molar-refractivity contribution < 1.29 is 19.4 Å². The molecule has 1 aliphatic rings. The average Bonchev–Trinajstić information content (AvgIpc) is 2.16. The number of carbonyl (C=O) groups excluding carboxylic acids is 1. The Bertz CT molecular complexity index is 265. The molecule has 2 atom stereocenters. The molecule has 0 aromatic heterocycles. The number of ether oxygens (including phenoxy) is 1. The number of aliphatic carboxylic acids is 1. The van der Waals surface area contributed by atoms with E-state index in [4.69, 9.17) is 9.84 Å². The van der Waals surface area contributed by atoms with Crippen molar-refractivity contribution in [1.29, 1.82) is 0 Å². The van der Waals surface area contributed by atoms with Crippen LogP contribution in [0.5, 0.6) is 0 Å². The van der Waals surface area contributed by atoms with Crippen LogP contribution in [0.1, 0.15) is 39.5 Å². The Morgan fingerprint density at radius 1 is 1.38 bits per heavy atom. The lowest BCUT2D eigenvalue weighted by atomic mass is 9.86. The molecule has 1 fully saturated rings. The van der Waals surface area contributed by atoms with Crippen molar-refractivity contribution in [3.63, 3.8) is 0 Å². The fraction of sp³-hybridized carbons (Fsp3) is 0.818. The van der Waals surface area contributed by atoms with E-state index < -0.39 is 12.1 Å². The van der Waals surface area contributed by atoms with Gasteiger partial charge in [0.15, 0.2) is 0 Å². The summed E-state index contributed by atoms with van der Waals surface area (Å²) in [5.74, 6) is -1.11. The lowest BCUT2D eigenvalue weighted by molar-refractivity contribution is -0.143. The van der Waals surface area contributed by atoms with Crippen LogP contribution in [0, 0.1) is 5.92 Å². The lowest BCUT2D eigenvalue weighted by Crippen LogP contribution is -2.40. The highest BCUT2D eigenvalue weighted by Gasteiger charge is 2.28. The molecule has 0 aromatic rings. The van der Waals surface area contributed by atoms with Crippen LogP contribution in [0.25, 0.3) is 0 Å². The maximum atomic E-state index is 11.3. The molecule has 0 aliphatic heterocycles. The number of hydrogen-bond donors (Lipinski definition) is 2. The topological polar surface area (TPSA) is 75.6 Å². The molecule has 16 heavy (non-hydrogen) atoms. The van der Waals surface area contributed by atoms with Gasteiger partial charge in [0.2, 0.25) is 0 Å². The predicted octanol–water partition coefficient (Wildman–Crippen LogP) is 1.76. The van der Waals surface area contributed by atoms with Gasteiger partial charge < -0.3 is 15.2 Å². The van der Waals surface area contributed by atoms with Gasteiger partial charge in [0.05, 0.1) is 12.0 Å². The molecule has 0 saturated heterocycles. The minimum Gasteiger partial charge on any atom is -0.481 e. The van der Waals surface area contributed by atoms with Gasteiger partial charge in [-0.1, -0.05) is 6.42 Å². The van der Waals surface area contributed by atoms with Crippen LogP contribution < -0.4 is 5.32 Å². The number of rotatable bonds is 3. The Kier molecular flexibility index (Phi) is 4.58. The summed E-state index contributed by atoms with van der Waals surface area (Å²) in [7, 11) is 0. The fourth-order valence-electron chi connectivity index (χ4n) is 1.96. The van der Waals surface area contributed by atoms with Gasteiger partial charge >= 0.3 is 12.1 Å². The normalized spacial score (nSPS) is 25.2. The molecule has 1 aliphatic carbocycles. The zero-order chi connectivity index (χ0) is 12.1. The van der Waals surface area contributed by atoms with Gasteiger partial charge in [-0.05, 0) is 33.1 Å². The third-order valence-electron chi connectivity index (χ3n) is 2.69. The number of alkyl carbamates (subject to hydrolysis) is 1. The van der Waals surface area contributed by atoms with Crippen molar-refractivity contribution in [3.05, 3.63) is 0 Å². The van der Waals surface area contributed by atoms with Gasteiger partial charge in [0.25, 0.3) is 0 Å². The van der Waals surface area contributed by atoms with Crippen LogP contribution in [0.3, 0.4) is 0 Å². The summed E-state index contributed by atoms with van der Waals surface area (Å²) in [5.41, 5.74) is 0. The lowest BCUT2D eigenvalue weighted by Gasteiger charge is -2.27. The SMILES string of the molecule is CC(C)OC(=O)NC1CCCC(C(=O)O)C1. The Labute approximate surface area is 95.2 Å². The number of carboxylic acid groups (broad SMARTS) is 1. The highest BCUT2D eigenvalue weighted by atomic mass is 16.6. The van der Waals surface area contributed by atoms with E-state index in [1.165, 1.54) is 0 Å². The third kappa shape index (κ3) is 4.08. The predicted molar refractivity (Wildman–Crippen MR) is 58.1 cm³/mol. The first-order valence-corrected chi connectivity index (χ1v) is 5.69. The van der Waals surface area contributed by atoms with E-state index in [-0.39, 0.29) is 18.1 Å². The highest BCUT2D eigenvalue weighted by Crippen LogP contribution is 2.24. The summed E-state index contributed by atoms with van der Waals surface area (Å²) in [6, 6.07) is -0.0684. The van der Waals surface area contributed by atoms with E-state index in [0.29, 0.717) is 12.8 Å². The molecule has 0 bridgehead atoms. The minimum absolute atomic E-state index is 0.0684. The van der Waals surface area contributed by atoms with Crippen LogP contribution in [0.4, 0.5) is 4.79 Å². The van der Waals surface area contributed by atoms with Crippen molar-refractivity contribution in [2.75, 3.05) is 0 Å². The van der Waals surface area contributed by atoms with E-state index in [1.807, 2.05) is 0 Å². The second-order valence-corrected chi connectivity index (χ2v) is 4.50. The molecule has 5 heteroatoms. The van der Waals surface area contributed by atoms with Crippen LogP contribution >= 0.6 is 0 Å². The van der Waals surface area contributed by atoms with Crippen molar-refractivity contribution in [2.24, 2.45) is 5.92 Å². The average molecular weight is 229 g/mol. The van der Waals surface area contributed by atoms with Crippen molar-refractivity contribution in [1.82, 2.24) is 5.32 Å². The van der Waals surface area contributed by atoms with Crippen molar-refractivity contribution >= 4 is 12.1 Å². The Morgan fingerprint density at radius 2 is 2.06 bits per heavy atom. The maximum Gasteiger partial charge on any atom is 0.407 e. The van der Waals surface area contributed by atoms with Crippen molar-refractivity contribution in [3.8, 4) is 0 Å². The van der Waals surface area contributed by atoms with Crippen LogP contribution in [0.15, 0.2) is 0 Å². The number of amides is 1. The van der Waals surface area contributed by atoms with E-state index in [1.54, 1.807) is 13.8 Å². The molecule has 0 radical (unpaired) electrons. The van der Waals surface area contributed by atoms with E-state index in [0.717, 1.165) is 12.8 Å². The van der Waals surface area contributed by atoms with Crippen LogP contribution in [0.2, 0.25) is 0 Å². The van der Waals surface area contributed by atoms with Gasteiger partial charge in [-0.15, -0.1) is 0 Å². The first-order chi connectivity index (χ1) is 7.49.